The van der Waals surface area contributed by atoms with E-state index in [0.717, 1.165) is 13.1 Å². The van der Waals surface area contributed by atoms with Crippen LogP contribution in [0.1, 0.15) is 11.5 Å². The number of primary amides is 1. The zero-order valence-electron chi connectivity index (χ0n) is 11.0. The van der Waals surface area contributed by atoms with E-state index in [1.807, 2.05) is 18.2 Å². The van der Waals surface area contributed by atoms with E-state index in [2.05, 4.69) is 17.0 Å². The van der Waals surface area contributed by atoms with Gasteiger partial charge < -0.3 is 16.2 Å². The highest BCUT2D eigenvalue weighted by molar-refractivity contribution is 5.80. The molecule has 5 nitrogen and oxygen atoms in total. The Bertz CT molecular complexity index is 410. The molecule has 0 aliphatic carbocycles. The molecule has 1 aliphatic heterocycles. The van der Waals surface area contributed by atoms with Crippen LogP contribution in [0.2, 0.25) is 0 Å². The maximum Gasteiger partial charge on any atom is 0.237 e. The summed E-state index contributed by atoms with van der Waals surface area (Å²) >= 11 is 0. The predicted molar refractivity (Wildman–Crippen MR) is 73.6 cm³/mol. The lowest BCUT2D eigenvalue weighted by Gasteiger charge is -2.35. The molecule has 1 fully saturated rings. The van der Waals surface area contributed by atoms with Crippen LogP contribution in [0.25, 0.3) is 0 Å². The first-order valence-electron chi connectivity index (χ1n) is 6.58. The summed E-state index contributed by atoms with van der Waals surface area (Å²) in [6.07, 6.45) is 0. The Morgan fingerprint density at radius 2 is 2.16 bits per heavy atom. The highest BCUT2D eigenvalue weighted by Gasteiger charge is 2.29. The van der Waals surface area contributed by atoms with E-state index in [4.69, 9.17) is 16.2 Å². The van der Waals surface area contributed by atoms with Gasteiger partial charge in [-0.05, 0) is 5.56 Å². The van der Waals surface area contributed by atoms with Gasteiger partial charge in [0, 0.05) is 25.6 Å². The van der Waals surface area contributed by atoms with E-state index in [1.54, 1.807) is 0 Å². The van der Waals surface area contributed by atoms with Gasteiger partial charge in [0.2, 0.25) is 5.91 Å². The van der Waals surface area contributed by atoms with Crippen molar-refractivity contribution in [2.45, 2.75) is 12.0 Å². The van der Waals surface area contributed by atoms with Crippen molar-refractivity contribution < 1.29 is 9.53 Å². The summed E-state index contributed by atoms with van der Waals surface area (Å²) < 4.78 is 5.32. The normalized spacial score (nSPS) is 22.1. The molecule has 2 rings (SSSR count). The molecule has 0 aromatic heterocycles. The van der Waals surface area contributed by atoms with Gasteiger partial charge in [-0.25, -0.2) is 0 Å². The molecule has 1 aliphatic rings. The summed E-state index contributed by atoms with van der Waals surface area (Å²) in [5.74, 6) is -0.121. The number of morpholine rings is 1. The van der Waals surface area contributed by atoms with Gasteiger partial charge in [0.25, 0.3) is 0 Å². The summed E-state index contributed by atoms with van der Waals surface area (Å²) in [6, 6.07) is 9.78. The minimum atomic E-state index is -0.341. The molecular weight excluding hydrogens is 242 g/mol. The Kier molecular flexibility index (Phi) is 4.90. The number of rotatable bonds is 5. The van der Waals surface area contributed by atoms with Crippen LogP contribution in [-0.4, -0.2) is 49.7 Å². The Morgan fingerprint density at radius 3 is 2.79 bits per heavy atom. The van der Waals surface area contributed by atoms with Crippen LogP contribution in [0.5, 0.6) is 0 Å². The summed E-state index contributed by atoms with van der Waals surface area (Å²) in [5.41, 5.74) is 12.5. The second-order valence-corrected chi connectivity index (χ2v) is 4.83. The molecule has 0 radical (unpaired) electrons. The van der Waals surface area contributed by atoms with Crippen molar-refractivity contribution in [1.29, 1.82) is 0 Å². The van der Waals surface area contributed by atoms with E-state index >= 15 is 0 Å². The number of hydrogen-bond donors (Lipinski definition) is 2. The second kappa shape index (κ2) is 6.65. The van der Waals surface area contributed by atoms with Gasteiger partial charge in [0.05, 0.1) is 13.2 Å². The Hall–Kier alpha value is -1.43. The number of amides is 1. The smallest absolute Gasteiger partial charge is 0.237 e. The van der Waals surface area contributed by atoms with Crippen LogP contribution < -0.4 is 11.5 Å². The molecule has 2 atom stereocenters. The third-order valence-electron chi connectivity index (χ3n) is 3.58. The molecule has 1 aromatic carbocycles. The van der Waals surface area contributed by atoms with Crippen molar-refractivity contribution in [3.05, 3.63) is 35.9 Å². The third-order valence-corrected chi connectivity index (χ3v) is 3.58. The highest BCUT2D eigenvalue weighted by Crippen LogP contribution is 2.18. The second-order valence-electron chi connectivity index (χ2n) is 4.83. The molecule has 1 heterocycles. The first kappa shape index (κ1) is 14.0. The number of nitrogens with two attached hydrogens (primary N) is 2. The van der Waals surface area contributed by atoms with Crippen LogP contribution in [0.15, 0.2) is 30.3 Å². The predicted octanol–water partition coefficient (Wildman–Crippen LogP) is -0.0850. The van der Waals surface area contributed by atoms with Crippen molar-refractivity contribution in [2.24, 2.45) is 11.5 Å². The van der Waals surface area contributed by atoms with Crippen LogP contribution in [0, 0.1) is 0 Å². The summed E-state index contributed by atoms with van der Waals surface area (Å²) in [7, 11) is 0. The zero-order chi connectivity index (χ0) is 13.7. The fourth-order valence-electron chi connectivity index (χ4n) is 2.44. The lowest BCUT2D eigenvalue weighted by atomic mass is 9.97. The molecule has 1 saturated heterocycles. The number of carbonyl (C=O) groups is 1. The lowest BCUT2D eigenvalue weighted by molar-refractivity contribution is -0.129. The number of ether oxygens (including phenoxy) is 1. The molecular formula is C14H21N3O2. The van der Waals surface area contributed by atoms with Crippen molar-refractivity contribution in [2.75, 3.05) is 32.8 Å². The first-order chi connectivity index (χ1) is 9.22. The fourth-order valence-corrected chi connectivity index (χ4v) is 2.44. The van der Waals surface area contributed by atoms with Gasteiger partial charge in [-0.1, -0.05) is 30.3 Å². The summed E-state index contributed by atoms with van der Waals surface area (Å²) in [6.45, 7) is 3.01. The average Bonchev–Trinajstić information content (AvgIpc) is 2.46. The highest BCUT2D eigenvalue weighted by atomic mass is 16.5. The SMILES string of the molecule is NCC(CN1CCOCC1C(N)=O)c1ccccc1. The van der Waals surface area contributed by atoms with E-state index in [0.29, 0.717) is 19.8 Å². The number of benzene rings is 1. The monoisotopic (exact) mass is 263 g/mol. The summed E-state index contributed by atoms with van der Waals surface area (Å²) in [5, 5.41) is 0. The van der Waals surface area contributed by atoms with Gasteiger partial charge in [-0.15, -0.1) is 0 Å². The van der Waals surface area contributed by atoms with Gasteiger partial charge in [0.15, 0.2) is 0 Å². The third kappa shape index (κ3) is 3.53. The number of hydrogen-bond acceptors (Lipinski definition) is 4. The molecule has 19 heavy (non-hydrogen) atoms. The van der Waals surface area contributed by atoms with Crippen molar-refractivity contribution in [3.63, 3.8) is 0 Å². The van der Waals surface area contributed by atoms with Crippen LogP contribution >= 0.6 is 0 Å². The van der Waals surface area contributed by atoms with Crippen molar-refractivity contribution in [3.8, 4) is 0 Å². The maximum absolute atomic E-state index is 11.4. The molecule has 4 N–H and O–H groups in total. The average molecular weight is 263 g/mol. The van der Waals surface area contributed by atoms with Gasteiger partial charge in [-0.3, -0.25) is 9.69 Å². The van der Waals surface area contributed by atoms with E-state index < -0.39 is 0 Å². The van der Waals surface area contributed by atoms with Crippen LogP contribution in [0.4, 0.5) is 0 Å². The molecule has 2 unspecified atom stereocenters. The lowest BCUT2D eigenvalue weighted by Crippen LogP contribution is -2.53. The minimum absolute atomic E-state index is 0.209. The van der Waals surface area contributed by atoms with Crippen LogP contribution in [0.3, 0.4) is 0 Å². The maximum atomic E-state index is 11.4. The molecule has 1 amide bonds. The van der Waals surface area contributed by atoms with E-state index in [1.165, 1.54) is 5.56 Å². The molecule has 1 aromatic rings. The van der Waals surface area contributed by atoms with E-state index in [9.17, 15) is 4.79 Å². The molecule has 0 bridgehead atoms. The Morgan fingerprint density at radius 1 is 1.42 bits per heavy atom. The first-order valence-corrected chi connectivity index (χ1v) is 6.58. The van der Waals surface area contributed by atoms with Crippen molar-refractivity contribution in [1.82, 2.24) is 4.90 Å². The molecule has 5 heteroatoms. The molecule has 104 valence electrons. The van der Waals surface area contributed by atoms with Crippen LogP contribution in [-0.2, 0) is 9.53 Å². The van der Waals surface area contributed by atoms with Crippen molar-refractivity contribution >= 4 is 5.91 Å². The Labute approximate surface area is 113 Å². The largest absolute Gasteiger partial charge is 0.378 e. The van der Waals surface area contributed by atoms with E-state index in [-0.39, 0.29) is 17.9 Å². The Balaban J connectivity index is 2.06. The number of carbonyl (C=O) groups excluding carboxylic acids is 1. The quantitative estimate of drug-likeness (QED) is 0.778. The standard InChI is InChI=1S/C14H21N3O2/c15-8-12(11-4-2-1-3-5-11)9-17-6-7-19-10-13(17)14(16)18/h1-5,12-13H,6-10,15H2,(H2,16,18). The fraction of sp³-hybridized carbons (Fsp3) is 0.500. The van der Waals surface area contributed by atoms with Gasteiger partial charge in [-0.2, -0.15) is 0 Å². The molecule has 0 spiro atoms. The molecule has 0 saturated carbocycles. The topological polar surface area (TPSA) is 81.6 Å². The zero-order valence-corrected chi connectivity index (χ0v) is 11.0. The minimum Gasteiger partial charge on any atom is -0.378 e. The van der Waals surface area contributed by atoms with Gasteiger partial charge in [0.1, 0.15) is 6.04 Å². The number of nitrogens with zero attached hydrogens (tertiary/aromatic N) is 1. The van der Waals surface area contributed by atoms with Gasteiger partial charge >= 0.3 is 0 Å². The summed E-state index contributed by atoms with van der Waals surface area (Å²) in [4.78, 5) is 13.5.